The molecule has 0 unspecified atom stereocenters. The molecule has 5 nitrogen and oxygen atoms in total. The van der Waals surface area contributed by atoms with Crippen LogP contribution in [0.2, 0.25) is 0 Å². The van der Waals surface area contributed by atoms with Crippen molar-refractivity contribution in [1.29, 1.82) is 0 Å². The molecule has 0 bridgehead atoms. The van der Waals surface area contributed by atoms with Crippen LogP contribution in [-0.2, 0) is 0 Å². The van der Waals surface area contributed by atoms with E-state index in [2.05, 4.69) is 36.1 Å². The molecule has 6 heteroatoms. The van der Waals surface area contributed by atoms with Crippen LogP contribution in [-0.4, -0.2) is 20.2 Å². The molecule has 0 aliphatic heterocycles. The molecule has 0 saturated heterocycles. The lowest BCUT2D eigenvalue weighted by molar-refractivity contribution is 1.09. The first-order chi connectivity index (χ1) is 8.24. The molecule has 0 radical (unpaired) electrons. The number of nitrogens with zero attached hydrogens (tertiary/aromatic N) is 2. The summed E-state index contributed by atoms with van der Waals surface area (Å²) in [6.45, 7) is 0. The average molecular weight is 291 g/mol. The van der Waals surface area contributed by atoms with E-state index >= 15 is 0 Å². The molecule has 17 heavy (non-hydrogen) atoms. The third-order valence-electron chi connectivity index (χ3n) is 2.46. The van der Waals surface area contributed by atoms with Crippen LogP contribution in [0, 0.1) is 0 Å². The Hall–Kier alpha value is -1.95. The van der Waals surface area contributed by atoms with E-state index in [9.17, 15) is 4.79 Å². The van der Waals surface area contributed by atoms with E-state index in [0.717, 1.165) is 20.9 Å². The van der Waals surface area contributed by atoms with Crippen molar-refractivity contribution in [2.75, 3.05) is 0 Å². The van der Waals surface area contributed by atoms with Crippen LogP contribution in [0.4, 0.5) is 0 Å². The molecule has 3 aromatic rings. The molecule has 2 heterocycles. The fraction of sp³-hybridized carbons (Fsp3) is 0. The van der Waals surface area contributed by atoms with Crippen molar-refractivity contribution < 1.29 is 0 Å². The molecule has 0 amide bonds. The molecule has 1 aromatic carbocycles. The minimum Gasteiger partial charge on any atom is -0.305 e. The number of aromatic amines is 2. The summed E-state index contributed by atoms with van der Waals surface area (Å²) in [5.41, 5.74) is 1.80. The van der Waals surface area contributed by atoms with Crippen LogP contribution in [0.25, 0.3) is 22.2 Å². The topological polar surface area (TPSA) is 74.4 Å². The zero-order valence-corrected chi connectivity index (χ0v) is 10.2. The van der Waals surface area contributed by atoms with Crippen molar-refractivity contribution in [1.82, 2.24) is 20.2 Å². The average Bonchev–Trinajstić information content (AvgIpc) is 2.80. The highest BCUT2D eigenvalue weighted by molar-refractivity contribution is 9.10. The van der Waals surface area contributed by atoms with Gasteiger partial charge >= 0.3 is 5.69 Å². The van der Waals surface area contributed by atoms with Gasteiger partial charge in [0.15, 0.2) is 0 Å². The first-order valence-corrected chi connectivity index (χ1v) is 5.72. The summed E-state index contributed by atoms with van der Waals surface area (Å²) in [7, 11) is 0. The quantitative estimate of drug-likeness (QED) is 0.720. The molecule has 0 fully saturated rings. The molecule has 0 spiro atoms. The number of hydrogen-bond acceptors (Lipinski definition) is 3. The van der Waals surface area contributed by atoms with Gasteiger partial charge in [0.05, 0.1) is 17.4 Å². The Morgan fingerprint density at radius 3 is 2.94 bits per heavy atom. The lowest BCUT2D eigenvalue weighted by Crippen LogP contribution is -2.11. The van der Waals surface area contributed by atoms with E-state index in [1.54, 1.807) is 12.4 Å². The molecular weight excluding hydrogens is 284 g/mol. The van der Waals surface area contributed by atoms with Gasteiger partial charge in [0, 0.05) is 21.6 Å². The molecule has 84 valence electrons. The Bertz CT molecular complexity index is 733. The summed E-state index contributed by atoms with van der Waals surface area (Å²) in [4.78, 5) is 18.2. The normalized spacial score (nSPS) is 10.9. The SMILES string of the molecule is O=c1nc(-c2cn[nH]c2)c2ccc(Br)cc2[nH]1. The maximum absolute atomic E-state index is 11.5. The fourth-order valence-electron chi connectivity index (χ4n) is 1.73. The van der Waals surface area contributed by atoms with Gasteiger partial charge in [-0.15, -0.1) is 0 Å². The summed E-state index contributed by atoms with van der Waals surface area (Å²) in [5.74, 6) is 0. The van der Waals surface area contributed by atoms with Crippen molar-refractivity contribution in [3.63, 3.8) is 0 Å². The molecule has 0 saturated carbocycles. The van der Waals surface area contributed by atoms with Gasteiger partial charge in [-0.1, -0.05) is 15.9 Å². The number of benzene rings is 1. The number of H-pyrrole nitrogens is 2. The highest BCUT2D eigenvalue weighted by Gasteiger charge is 2.08. The van der Waals surface area contributed by atoms with Crippen LogP contribution in [0.15, 0.2) is 39.9 Å². The van der Waals surface area contributed by atoms with E-state index in [4.69, 9.17) is 0 Å². The number of nitrogens with one attached hydrogen (secondary N) is 2. The number of rotatable bonds is 1. The second kappa shape index (κ2) is 3.81. The van der Waals surface area contributed by atoms with Crippen LogP contribution in [0.5, 0.6) is 0 Å². The van der Waals surface area contributed by atoms with Crippen molar-refractivity contribution >= 4 is 26.8 Å². The first kappa shape index (κ1) is 10.2. The Labute approximate surface area is 104 Å². The van der Waals surface area contributed by atoms with Crippen molar-refractivity contribution in [2.45, 2.75) is 0 Å². The summed E-state index contributed by atoms with van der Waals surface area (Å²) in [6, 6.07) is 5.67. The van der Waals surface area contributed by atoms with E-state index < -0.39 is 0 Å². The van der Waals surface area contributed by atoms with Gasteiger partial charge in [0.25, 0.3) is 0 Å². The summed E-state index contributed by atoms with van der Waals surface area (Å²) < 4.78 is 0.907. The summed E-state index contributed by atoms with van der Waals surface area (Å²) in [5, 5.41) is 7.46. The summed E-state index contributed by atoms with van der Waals surface area (Å²) in [6.07, 6.45) is 3.35. The highest BCUT2D eigenvalue weighted by Crippen LogP contribution is 2.25. The van der Waals surface area contributed by atoms with Crippen LogP contribution >= 0.6 is 15.9 Å². The minimum absolute atomic E-state index is 0.369. The Balaban J connectivity index is 2.42. The standard InChI is InChI=1S/C11H7BrN4O/c12-7-1-2-8-9(3-7)15-11(17)16-10(8)6-4-13-14-5-6/h1-5H,(H,13,14)(H,15,16,17). The smallest absolute Gasteiger partial charge is 0.305 e. The predicted molar refractivity (Wildman–Crippen MR) is 67.6 cm³/mol. The molecule has 0 atom stereocenters. The lowest BCUT2D eigenvalue weighted by Gasteiger charge is -2.03. The second-order valence-electron chi connectivity index (χ2n) is 3.57. The largest absolute Gasteiger partial charge is 0.345 e. The fourth-order valence-corrected chi connectivity index (χ4v) is 2.09. The van der Waals surface area contributed by atoms with Gasteiger partial charge in [0.2, 0.25) is 0 Å². The third kappa shape index (κ3) is 1.76. The van der Waals surface area contributed by atoms with Gasteiger partial charge in [-0.3, -0.25) is 5.10 Å². The van der Waals surface area contributed by atoms with Crippen LogP contribution in [0.3, 0.4) is 0 Å². The van der Waals surface area contributed by atoms with Crippen molar-refractivity contribution in [3.8, 4) is 11.3 Å². The summed E-state index contributed by atoms with van der Waals surface area (Å²) >= 11 is 3.37. The predicted octanol–water partition coefficient (Wildman–Crippen LogP) is 2.08. The lowest BCUT2D eigenvalue weighted by atomic mass is 10.1. The van der Waals surface area contributed by atoms with E-state index in [1.807, 2.05) is 18.2 Å². The zero-order chi connectivity index (χ0) is 11.8. The molecule has 0 aliphatic carbocycles. The molecule has 2 aromatic heterocycles. The second-order valence-corrected chi connectivity index (χ2v) is 4.48. The van der Waals surface area contributed by atoms with Gasteiger partial charge in [-0.05, 0) is 18.2 Å². The number of fused-ring (bicyclic) bond motifs is 1. The van der Waals surface area contributed by atoms with E-state index in [1.165, 1.54) is 0 Å². The monoisotopic (exact) mass is 290 g/mol. The van der Waals surface area contributed by atoms with Crippen LogP contribution in [0.1, 0.15) is 0 Å². The number of aromatic nitrogens is 4. The molecule has 2 N–H and O–H groups in total. The Morgan fingerprint density at radius 2 is 2.18 bits per heavy atom. The molecule has 3 rings (SSSR count). The molecular formula is C11H7BrN4O. The minimum atomic E-state index is -0.369. The number of halogens is 1. The van der Waals surface area contributed by atoms with E-state index in [-0.39, 0.29) is 5.69 Å². The maximum atomic E-state index is 11.5. The Kier molecular flexibility index (Phi) is 2.29. The molecule has 0 aliphatic rings. The van der Waals surface area contributed by atoms with Crippen LogP contribution < -0.4 is 5.69 Å². The van der Waals surface area contributed by atoms with Gasteiger partial charge in [-0.2, -0.15) is 10.1 Å². The van der Waals surface area contributed by atoms with E-state index in [0.29, 0.717) is 5.69 Å². The number of hydrogen-bond donors (Lipinski definition) is 2. The first-order valence-electron chi connectivity index (χ1n) is 4.93. The van der Waals surface area contributed by atoms with Crippen molar-refractivity contribution in [2.24, 2.45) is 0 Å². The van der Waals surface area contributed by atoms with Gasteiger partial charge < -0.3 is 4.98 Å². The highest BCUT2D eigenvalue weighted by atomic mass is 79.9. The maximum Gasteiger partial charge on any atom is 0.345 e. The van der Waals surface area contributed by atoms with Gasteiger partial charge in [0.1, 0.15) is 0 Å². The van der Waals surface area contributed by atoms with Gasteiger partial charge in [-0.25, -0.2) is 4.79 Å². The Morgan fingerprint density at radius 1 is 1.29 bits per heavy atom. The van der Waals surface area contributed by atoms with Crippen molar-refractivity contribution in [3.05, 3.63) is 45.5 Å². The third-order valence-corrected chi connectivity index (χ3v) is 2.96. The zero-order valence-electron chi connectivity index (χ0n) is 8.57.